The highest BCUT2D eigenvalue weighted by molar-refractivity contribution is 7.99. The lowest BCUT2D eigenvalue weighted by molar-refractivity contribution is -0.113. The second-order valence-electron chi connectivity index (χ2n) is 6.05. The fourth-order valence-corrected chi connectivity index (χ4v) is 3.61. The number of rotatable bonds is 7. The van der Waals surface area contributed by atoms with Crippen molar-refractivity contribution in [2.45, 2.75) is 18.6 Å². The molecule has 0 aliphatic carbocycles. The third-order valence-electron chi connectivity index (χ3n) is 4.23. The van der Waals surface area contributed by atoms with E-state index in [0.717, 1.165) is 11.3 Å². The first-order valence-corrected chi connectivity index (χ1v) is 9.92. The van der Waals surface area contributed by atoms with Gasteiger partial charge in [-0.15, -0.1) is 10.2 Å². The predicted molar refractivity (Wildman–Crippen MR) is 107 cm³/mol. The Morgan fingerprint density at radius 2 is 2.10 bits per heavy atom. The average Bonchev–Trinajstić information content (AvgIpc) is 3.38. The Bertz CT molecular complexity index is 1020. The largest absolute Gasteiger partial charge is 0.497 e. The summed E-state index contributed by atoms with van der Waals surface area (Å²) >= 11 is 1.32. The van der Waals surface area contributed by atoms with Crippen LogP contribution in [-0.4, -0.2) is 45.3 Å². The number of thioether (sulfide) groups is 1. The van der Waals surface area contributed by atoms with E-state index in [1.54, 1.807) is 37.6 Å². The summed E-state index contributed by atoms with van der Waals surface area (Å²) in [4.78, 5) is 16.5. The van der Waals surface area contributed by atoms with Crippen LogP contribution in [-0.2, 0) is 11.3 Å². The summed E-state index contributed by atoms with van der Waals surface area (Å²) in [5.74, 6) is 2.54. The van der Waals surface area contributed by atoms with Crippen molar-refractivity contribution in [3.63, 3.8) is 0 Å². The maximum Gasteiger partial charge on any atom is 0.260 e. The van der Waals surface area contributed by atoms with E-state index < -0.39 is 0 Å². The van der Waals surface area contributed by atoms with Crippen molar-refractivity contribution in [3.05, 3.63) is 36.5 Å². The number of aromatic nitrogens is 4. The molecule has 29 heavy (non-hydrogen) atoms. The molecule has 2 aromatic heterocycles. The SMILES string of the molecule is CCn1c(SCC(=O)Nc2ccc(OC)cc2)nnc1-c1cnc2c(c1)OCO2. The number of benzene rings is 1. The van der Waals surface area contributed by atoms with Crippen LogP contribution in [0.3, 0.4) is 0 Å². The summed E-state index contributed by atoms with van der Waals surface area (Å²) in [5, 5.41) is 12.0. The van der Waals surface area contributed by atoms with Crippen LogP contribution in [0, 0.1) is 0 Å². The monoisotopic (exact) mass is 413 g/mol. The molecular formula is C19H19N5O4S. The molecule has 1 aliphatic rings. The van der Waals surface area contributed by atoms with E-state index in [4.69, 9.17) is 14.2 Å². The molecule has 0 spiro atoms. The number of carbonyl (C=O) groups is 1. The Morgan fingerprint density at radius 3 is 2.86 bits per heavy atom. The van der Waals surface area contributed by atoms with Crippen LogP contribution in [0.4, 0.5) is 5.69 Å². The van der Waals surface area contributed by atoms with Gasteiger partial charge in [0.05, 0.1) is 12.9 Å². The van der Waals surface area contributed by atoms with Crippen molar-refractivity contribution in [1.29, 1.82) is 0 Å². The van der Waals surface area contributed by atoms with Crippen molar-refractivity contribution in [1.82, 2.24) is 19.7 Å². The van der Waals surface area contributed by atoms with Crippen molar-refractivity contribution < 1.29 is 19.0 Å². The van der Waals surface area contributed by atoms with Crippen LogP contribution in [0.15, 0.2) is 41.7 Å². The van der Waals surface area contributed by atoms with Crippen molar-refractivity contribution in [3.8, 4) is 28.8 Å². The number of hydrogen-bond donors (Lipinski definition) is 1. The zero-order valence-electron chi connectivity index (χ0n) is 15.9. The molecule has 0 fully saturated rings. The molecule has 1 amide bonds. The lowest BCUT2D eigenvalue weighted by atomic mass is 10.2. The Morgan fingerprint density at radius 1 is 1.28 bits per heavy atom. The summed E-state index contributed by atoms with van der Waals surface area (Å²) < 4.78 is 17.7. The molecule has 0 radical (unpaired) electrons. The normalized spacial score (nSPS) is 12.1. The van der Waals surface area contributed by atoms with Crippen LogP contribution in [0.5, 0.6) is 17.4 Å². The molecule has 150 valence electrons. The molecule has 3 heterocycles. The van der Waals surface area contributed by atoms with Crippen molar-refractivity contribution >= 4 is 23.4 Å². The molecule has 4 rings (SSSR count). The maximum absolute atomic E-state index is 12.3. The van der Waals surface area contributed by atoms with Gasteiger partial charge in [-0.2, -0.15) is 0 Å². The van der Waals surface area contributed by atoms with Gasteiger partial charge in [-0.3, -0.25) is 4.79 Å². The fourth-order valence-electron chi connectivity index (χ4n) is 2.81. The van der Waals surface area contributed by atoms with E-state index in [9.17, 15) is 4.79 Å². The fraction of sp³-hybridized carbons (Fsp3) is 0.263. The predicted octanol–water partition coefficient (Wildman–Crippen LogP) is 2.83. The van der Waals surface area contributed by atoms with Crippen LogP contribution >= 0.6 is 11.8 Å². The quantitative estimate of drug-likeness (QED) is 0.590. The average molecular weight is 413 g/mol. The van der Waals surface area contributed by atoms with E-state index in [1.807, 2.05) is 17.6 Å². The zero-order chi connectivity index (χ0) is 20.2. The lowest BCUT2D eigenvalue weighted by Crippen LogP contribution is -2.14. The van der Waals surface area contributed by atoms with Crippen LogP contribution in [0.25, 0.3) is 11.4 Å². The number of hydrogen-bond acceptors (Lipinski definition) is 8. The number of methoxy groups -OCH3 is 1. The molecule has 1 aliphatic heterocycles. The number of fused-ring (bicyclic) bond motifs is 1. The van der Waals surface area contributed by atoms with E-state index in [0.29, 0.717) is 34.8 Å². The Hall–Kier alpha value is -3.27. The van der Waals surface area contributed by atoms with Crippen LogP contribution in [0.2, 0.25) is 0 Å². The molecule has 10 heteroatoms. The first-order valence-electron chi connectivity index (χ1n) is 8.94. The third kappa shape index (κ3) is 4.11. The molecule has 0 unspecified atom stereocenters. The van der Waals surface area contributed by atoms with Gasteiger partial charge in [-0.25, -0.2) is 4.98 Å². The third-order valence-corrected chi connectivity index (χ3v) is 5.19. The highest BCUT2D eigenvalue weighted by Crippen LogP contribution is 2.33. The summed E-state index contributed by atoms with van der Waals surface area (Å²) in [6, 6.07) is 9.00. The minimum atomic E-state index is -0.128. The summed E-state index contributed by atoms with van der Waals surface area (Å²) in [7, 11) is 1.60. The number of anilines is 1. The topological polar surface area (TPSA) is 100 Å². The van der Waals surface area contributed by atoms with Gasteiger partial charge in [0.2, 0.25) is 12.7 Å². The van der Waals surface area contributed by atoms with E-state index in [2.05, 4.69) is 20.5 Å². The minimum Gasteiger partial charge on any atom is -0.497 e. The Kier molecular flexibility index (Phi) is 5.52. The van der Waals surface area contributed by atoms with Gasteiger partial charge in [0.25, 0.3) is 5.88 Å². The summed E-state index contributed by atoms with van der Waals surface area (Å²) in [5.41, 5.74) is 1.48. The number of amides is 1. The number of nitrogens with zero attached hydrogens (tertiary/aromatic N) is 4. The first kappa shape index (κ1) is 19.1. The maximum atomic E-state index is 12.3. The van der Waals surface area contributed by atoms with Gasteiger partial charge in [0, 0.05) is 24.0 Å². The molecule has 1 aromatic carbocycles. The van der Waals surface area contributed by atoms with Gasteiger partial charge >= 0.3 is 0 Å². The van der Waals surface area contributed by atoms with E-state index >= 15 is 0 Å². The number of nitrogens with one attached hydrogen (secondary N) is 1. The molecule has 1 N–H and O–H groups in total. The second-order valence-corrected chi connectivity index (χ2v) is 6.99. The molecule has 0 atom stereocenters. The van der Waals surface area contributed by atoms with Crippen LogP contribution in [0.1, 0.15) is 6.92 Å². The summed E-state index contributed by atoms with van der Waals surface area (Å²) in [6.45, 7) is 2.81. The second kappa shape index (κ2) is 8.39. The Balaban J connectivity index is 1.43. The van der Waals surface area contributed by atoms with Gasteiger partial charge in [-0.1, -0.05) is 11.8 Å². The lowest BCUT2D eigenvalue weighted by Gasteiger charge is -2.08. The van der Waals surface area contributed by atoms with Crippen molar-refractivity contribution in [2.75, 3.05) is 25.0 Å². The highest BCUT2D eigenvalue weighted by Gasteiger charge is 2.20. The van der Waals surface area contributed by atoms with Gasteiger partial charge in [0.15, 0.2) is 16.7 Å². The first-order chi connectivity index (χ1) is 14.2. The number of carbonyl (C=O) groups excluding carboxylic acids is 1. The minimum absolute atomic E-state index is 0.128. The van der Waals surface area contributed by atoms with Gasteiger partial charge < -0.3 is 24.1 Å². The summed E-state index contributed by atoms with van der Waals surface area (Å²) in [6.07, 6.45) is 1.68. The molecule has 0 bridgehead atoms. The highest BCUT2D eigenvalue weighted by atomic mass is 32.2. The standard InChI is InChI=1S/C19H19N5O4S/c1-3-24-17(12-8-15-18(20-9-12)28-11-27-15)22-23-19(24)29-10-16(25)21-13-4-6-14(26-2)7-5-13/h4-9H,3,10-11H2,1-2H3,(H,21,25). The van der Waals surface area contributed by atoms with Gasteiger partial charge in [0.1, 0.15) is 5.75 Å². The molecule has 0 saturated heterocycles. The van der Waals surface area contributed by atoms with Gasteiger partial charge in [-0.05, 0) is 37.3 Å². The Labute approximate surface area is 171 Å². The molecule has 3 aromatic rings. The molecule has 0 saturated carbocycles. The smallest absolute Gasteiger partial charge is 0.260 e. The molecule has 9 nitrogen and oxygen atoms in total. The molecular weight excluding hydrogens is 394 g/mol. The van der Waals surface area contributed by atoms with Crippen molar-refractivity contribution in [2.24, 2.45) is 0 Å². The van der Waals surface area contributed by atoms with E-state index in [-0.39, 0.29) is 18.5 Å². The zero-order valence-corrected chi connectivity index (χ0v) is 16.7. The van der Waals surface area contributed by atoms with Crippen LogP contribution < -0.4 is 19.5 Å². The number of pyridine rings is 1. The van der Waals surface area contributed by atoms with E-state index in [1.165, 1.54) is 11.8 Å². The number of ether oxygens (including phenoxy) is 3.